The average Bonchev–Trinajstić information content (AvgIpc) is 3.20. The minimum atomic E-state index is -0.0361. The van der Waals surface area contributed by atoms with Crippen LogP contribution in [0.2, 0.25) is 0 Å². The van der Waals surface area contributed by atoms with Crippen LogP contribution in [0.1, 0.15) is 40.7 Å². The summed E-state index contributed by atoms with van der Waals surface area (Å²) in [4.78, 5) is 17.2. The number of hydrogen-bond acceptors (Lipinski definition) is 3. The van der Waals surface area contributed by atoms with Crippen molar-refractivity contribution in [2.75, 3.05) is 13.2 Å². The normalized spacial score (nSPS) is 11.0. The second-order valence-corrected chi connectivity index (χ2v) is 8.24. The predicted molar refractivity (Wildman–Crippen MR) is 133 cm³/mol. The van der Waals surface area contributed by atoms with Crippen LogP contribution in [0.3, 0.4) is 0 Å². The summed E-state index contributed by atoms with van der Waals surface area (Å²) in [7, 11) is 0. The molecule has 0 bridgehead atoms. The molecule has 0 atom stereocenters. The summed E-state index contributed by atoms with van der Waals surface area (Å²) in [6.07, 6.45) is 2.63. The van der Waals surface area contributed by atoms with Gasteiger partial charge in [0.15, 0.2) is 0 Å². The molecule has 0 aliphatic rings. The molecule has 4 aromatic rings. The summed E-state index contributed by atoms with van der Waals surface area (Å²) in [5.74, 6) is 1.87. The summed E-state index contributed by atoms with van der Waals surface area (Å²) in [5.41, 5.74) is 5.24. The van der Waals surface area contributed by atoms with Gasteiger partial charge in [-0.1, -0.05) is 48.9 Å². The van der Waals surface area contributed by atoms with Gasteiger partial charge in [-0.25, -0.2) is 4.98 Å². The number of para-hydroxylation sites is 2. The molecule has 1 N–H and O–H groups in total. The lowest BCUT2D eigenvalue weighted by Crippen LogP contribution is -2.25. The lowest BCUT2D eigenvalue weighted by molar-refractivity contribution is 0.0953. The molecule has 1 amide bonds. The molecule has 33 heavy (non-hydrogen) atoms. The lowest BCUT2D eigenvalue weighted by Gasteiger charge is -2.11. The molecule has 0 radical (unpaired) electrons. The first-order valence-electron chi connectivity index (χ1n) is 11.6. The minimum absolute atomic E-state index is 0.0361. The van der Waals surface area contributed by atoms with Gasteiger partial charge in [0, 0.05) is 18.5 Å². The number of fused-ring (bicyclic) bond motifs is 1. The molecule has 170 valence electrons. The van der Waals surface area contributed by atoms with E-state index in [2.05, 4.69) is 35.0 Å². The van der Waals surface area contributed by atoms with E-state index < -0.39 is 0 Å². The molecular weight excluding hydrogens is 410 g/mol. The van der Waals surface area contributed by atoms with Gasteiger partial charge in [-0.3, -0.25) is 4.79 Å². The number of benzene rings is 3. The van der Waals surface area contributed by atoms with Crippen LogP contribution >= 0.6 is 0 Å². The number of aromatic nitrogens is 2. The van der Waals surface area contributed by atoms with Crippen LogP contribution < -0.4 is 10.1 Å². The van der Waals surface area contributed by atoms with Crippen molar-refractivity contribution in [2.24, 2.45) is 0 Å². The standard InChI is InChI=1S/C28H31N3O2/c1-3-22-12-16-24(17-13-22)33-20-19-31-26-8-5-4-7-25(26)30-27(31)9-6-18-29-28(32)23-14-10-21(2)11-15-23/h4-5,7-8,10-17H,3,6,9,18-20H2,1-2H3,(H,29,32). The van der Waals surface area contributed by atoms with Crippen LogP contribution in [0.15, 0.2) is 72.8 Å². The van der Waals surface area contributed by atoms with Crippen LogP contribution in [0.5, 0.6) is 5.75 Å². The molecule has 0 aliphatic heterocycles. The van der Waals surface area contributed by atoms with Gasteiger partial charge in [0.2, 0.25) is 0 Å². The van der Waals surface area contributed by atoms with Crippen LogP contribution in [0.4, 0.5) is 0 Å². The smallest absolute Gasteiger partial charge is 0.251 e. The van der Waals surface area contributed by atoms with E-state index in [1.807, 2.05) is 61.5 Å². The Labute approximate surface area is 195 Å². The maximum absolute atomic E-state index is 12.3. The van der Waals surface area contributed by atoms with Crippen molar-refractivity contribution in [2.45, 2.75) is 39.7 Å². The van der Waals surface area contributed by atoms with Gasteiger partial charge >= 0.3 is 0 Å². The van der Waals surface area contributed by atoms with Crippen LogP contribution in [-0.2, 0) is 19.4 Å². The molecule has 0 fully saturated rings. The largest absolute Gasteiger partial charge is 0.492 e. The Morgan fingerprint density at radius 1 is 1.00 bits per heavy atom. The predicted octanol–water partition coefficient (Wildman–Crippen LogP) is 5.35. The van der Waals surface area contributed by atoms with Gasteiger partial charge in [0.25, 0.3) is 5.91 Å². The molecule has 5 heteroatoms. The van der Waals surface area contributed by atoms with Crippen molar-refractivity contribution < 1.29 is 9.53 Å². The number of aryl methyl sites for hydroxylation is 3. The van der Waals surface area contributed by atoms with Gasteiger partial charge in [0.05, 0.1) is 17.6 Å². The fourth-order valence-electron chi connectivity index (χ4n) is 3.90. The van der Waals surface area contributed by atoms with Crippen molar-refractivity contribution in [3.05, 3.63) is 95.3 Å². The van der Waals surface area contributed by atoms with Crippen molar-refractivity contribution >= 4 is 16.9 Å². The third kappa shape index (κ3) is 5.80. The number of imidazole rings is 1. The topological polar surface area (TPSA) is 56.1 Å². The molecule has 0 saturated heterocycles. The van der Waals surface area contributed by atoms with Crippen LogP contribution in [-0.4, -0.2) is 28.6 Å². The second kappa shape index (κ2) is 10.8. The lowest BCUT2D eigenvalue weighted by atomic mass is 10.1. The Balaban J connectivity index is 1.35. The zero-order chi connectivity index (χ0) is 23.0. The molecule has 5 nitrogen and oxygen atoms in total. The molecular formula is C28H31N3O2. The highest BCUT2D eigenvalue weighted by molar-refractivity contribution is 5.94. The van der Waals surface area contributed by atoms with E-state index in [0.717, 1.165) is 54.0 Å². The first-order valence-corrected chi connectivity index (χ1v) is 11.6. The summed E-state index contributed by atoms with van der Waals surface area (Å²) < 4.78 is 8.23. The minimum Gasteiger partial charge on any atom is -0.492 e. The Morgan fingerprint density at radius 3 is 2.52 bits per heavy atom. The Morgan fingerprint density at radius 2 is 1.76 bits per heavy atom. The Kier molecular flexibility index (Phi) is 7.40. The third-order valence-corrected chi connectivity index (χ3v) is 5.83. The molecule has 1 aromatic heterocycles. The number of nitrogens with zero attached hydrogens (tertiary/aromatic N) is 2. The number of carbonyl (C=O) groups is 1. The first kappa shape index (κ1) is 22.6. The van der Waals surface area contributed by atoms with Crippen molar-refractivity contribution in [1.82, 2.24) is 14.9 Å². The highest BCUT2D eigenvalue weighted by Gasteiger charge is 2.11. The fourth-order valence-corrected chi connectivity index (χ4v) is 3.90. The number of hydrogen-bond donors (Lipinski definition) is 1. The maximum atomic E-state index is 12.3. The van der Waals surface area contributed by atoms with Gasteiger partial charge in [-0.05, 0) is 61.7 Å². The van der Waals surface area contributed by atoms with Gasteiger partial charge in [-0.2, -0.15) is 0 Å². The maximum Gasteiger partial charge on any atom is 0.251 e. The molecule has 4 rings (SSSR count). The van der Waals surface area contributed by atoms with E-state index in [1.165, 1.54) is 5.56 Å². The summed E-state index contributed by atoms with van der Waals surface area (Å²) >= 11 is 0. The zero-order valence-corrected chi connectivity index (χ0v) is 19.4. The molecule has 0 unspecified atom stereocenters. The van der Waals surface area contributed by atoms with Crippen LogP contribution in [0.25, 0.3) is 11.0 Å². The first-order chi connectivity index (χ1) is 16.1. The summed E-state index contributed by atoms with van der Waals surface area (Å²) in [6, 6.07) is 24.1. The molecule has 0 aliphatic carbocycles. The number of ether oxygens (including phenoxy) is 1. The molecule has 0 saturated carbocycles. The average molecular weight is 442 g/mol. The SMILES string of the molecule is CCc1ccc(OCCn2c(CCCNC(=O)c3ccc(C)cc3)nc3ccccc32)cc1. The number of amides is 1. The quantitative estimate of drug-likeness (QED) is 0.338. The van der Waals surface area contributed by atoms with E-state index in [-0.39, 0.29) is 5.91 Å². The Bertz CT molecular complexity index is 1190. The van der Waals surface area contributed by atoms with E-state index in [0.29, 0.717) is 18.7 Å². The monoisotopic (exact) mass is 441 g/mol. The van der Waals surface area contributed by atoms with E-state index in [9.17, 15) is 4.79 Å². The van der Waals surface area contributed by atoms with Crippen molar-refractivity contribution in [3.63, 3.8) is 0 Å². The molecule has 3 aromatic carbocycles. The van der Waals surface area contributed by atoms with E-state index in [4.69, 9.17) is 9.72 Å². The summed E-state index contributed by atoms with van der Waals surface area (Å²) in [6.45, 7) is 6.07. The number of carbonyl (C=O) groups excluding carboxylic acids is 1. The van der Waals surface area contributed by atoms with Crippen LogP contribution in [0, 0.1) is 6.92 Å². The van der Waals surface area contributed by atoms with Gasteiger partial charge in [0.1, 0.15) is 18.2 Å². The molecule has 0 spiro atoms. The third-order valence-electron chi connectivity index (χ3n) is 5.83. The zero-order valence-electron chi connectivity index (χ0n) is 19.4. The van der Waals surface area contributed by atoms with E-state index >= 15 is 0 Å². The number of rotatable bonds is 10. The van der Waals surface area contributed by atoms with Gasteiger partial charge in [-0.15, -0.1) is 0 Å². The highest BCUT2D eigenvalue weighted by atomic mass is 16.5. The Hall–Kier alpha value is -3.60. The fraction of sp³-hybridized carbons (Fsp3) is 0.286. The van der Waals surface area contributed by atoms with Gasteiger partial charge < -0.3 is 14.6 Å². The second-order valence-electron chi connectivity index (χ2n) is 8.24. The van der Waals surface area contributed by atoms with E-state index in [1.54, 1.807) is 0 Å². The highest BCUT2D eigenvalue weighted by Crippen LogP contribution is 2.18. The summed E-state index contributed by atoms with van der Waals surface area (Å²) in [5, 5.41) is 3.02. The van der Waals surface area contributed by atoms with Crippen molar-refractivity contribution in [1.29, 1.82) is 0 Å². The number of nitrogens with one attached hydrogen (secondary N) is 1. The van der Waals surface area contributed by atoms with Crippen molar-refractivity contribution in [3.8, 4) is 5.75 Å². The molecule has 1 heterocycles.